The van der Waals surface area contributed by atoms with E-state index in [1.54, 1.807) is 103 Å². The number of hydrogen-bond acceptors (Lipinski definition) is 10. The topological polar surface area (TPSA) is 122 Å². The molecule has 0 amide bonds. The van der Waals surface area contributed by atoms with Gasteiger partial charge in [-0.05, 0) is 242 Å². The highest BCUT2D eigenvalue weighted by molar-refractivity contribution is 7.20. The molecule has 0 radical (unpaired) electrons. The van der Waals surface area contributed by atoms with Crippen LogP contribution in [0.15, 0.2) is 334 Å². The molecule has 0 N–H and O–H groups in total. The van der Waals surface area contributed by atoms with E-state index in [1.807, 2.05) is 194 Å². The van der Waals surface area contributed by atoms with Crippen LogP contribution in [-0.4, -0.2) is 26.8 Å². The maximum absolute atomic E-state index is 11.9. The molecule has 0 bridgehead atoms. The first-order chi connectivity index (χ1) is 52.0. The van der Waals surface area contributed by atoms with Gasteiger partial charge in [0.25, 0.3) is 21.0 Å². The van der Waals surface area contributed by atoms with Crippen LogP contribution in [0.25, 0.3) is 92.0 Å². The maximum atomic E-state index is 11.9. The number of fused-ring (bicyclic) bond motifs is 2. The monoisotopic (exact) mass is 1510 g/mol. The number of carbonyl (C=O) groups excluding carboxylic acids is 5. The first kappa shape index (κ1) is 73.4. The summed E-state index contributed by atoms with van der Waals surface area (Å²) < 4.78 is 25.3. The predicted octanol–water partition coefficient (Wildman–Crippen LogP) is 27.5. The molecule has 522 valence electrons. The van der Waals surface area contributed by atoms with Gasteiger partial charge in [0.15, 0.2) is 5.78 Å². The molecule has 0 aliphatic heterocycles. The number of rotatable bonds is 20. The molecular weight excluding hydrogens is 1460 g/mol. The summed E-state index contributed by atoms with van der Waals surface area (Å²) in [5, 5.41) is 2.47. The molecule has 1 aromatic heterocycles. The minimum absolute atomic E-state index is 0.0469. The molecule has 1 heterocycles. The summed E-state index contributed by atoms with van der Waals surface area (Å²) >= 11 is 30.2. The SMILES string of the molecule is C=C(Cl)c1ccc(Oc2cccc(Oc3ccc(C(=O)Cl)cc3)c2-c2ccccc2)cc1.CC(=O)c1ccc(-c2sc(-c3ccc(C(=O)Cl)cc3)c(-c3ccccc3)c2-c2ccccc2)cc1.O=C(Cl)c1ccc(Oc2ccc3ccccc3c2-c2c(Oc3ccc(C(=O)Cl)cc3)ccc3ccccc23)cc1. The van der Waals surface area contributed by atoms with Gasteiger partial charge in [-0.25, -0.2) is 0 Å². The first-order valence-electron chi connectivity index (χ1n) is 33.5. The third-order valence-corrected chi connectivity index (χ3v) is 19.7. The van der Waals surface area contributed by atoms with E-state index in [0.717, 1.165) is 92.5 Å². The highest BCUT2D eigenvalue weighted by Crippen LogP contribution is 2.53. The van der Waals surface area contributed by atoms with Gasteiger partial charge in [-0.3, -0.25) is 24.0 Å². The standard InChI is InChI=1S/C34H20Cl2O4.C31H21ClO2S.C27H18Cl2O3/c35-33(37)23-9-15-25(16-10-23)39-29-19-13-21-5-1-3-7-27(21)31(29)32-28-8-4-2-6-22(28)14-20-30(32)40-26-17-11-24(12-18-26)34(36)38;1-20(33)21-12-14-24(15-13-21)29-27(22-8-4-2-5-9-22)28(23-10-6-3-7-11-23)30(35-29)25-16-18-26(19-17-25)31(32)34;1-18(28)19-10-14-22(15-11-19)31-24-8-5-9-25(26(24)20-6-3-2-4-7-20)32-23-16-12-21(13-17-23)27(29)30/h1-20H;2-19H,1H3;2-17H,1H2. The Bertz CT molecular complexity index is 5440. The number of ether oxygens (including phenoxy) is 4. The van der Waals surface area contributed by atoms with Crippen LogP contribution in [0.5, 0.6) is 46.0 Å². The molecule has 0 saturated heterocycles. The van der Waals surface area contributed by atoms with Gasteiger partial charge < -0.3 is 18.9 Å². The normalized spacial score (nSPS) is 10.7. The molecule has 0 fully saturated rings. The maximum Gasteiger partial charge on any atom is 0.252 e. The van der Waals surface area contributed by atoms with Crippen LogP contribution in [0.3, 0.4) is 0 Å². The Balaban J connectivity index is 0.000000143. The van der Waals surface area contributed by atoms with Crippen molar-refractivity contribution in [3.8, 4) is 111 Å². The van der Waals surface area contributed by atoms with Gasteiger partial charge in [0.2, 0.25) is 0 Å². The molecule has 15 aromatic rings. The minimum Gasteiger partial charge on any atom is -0.457 e. The summed E-state index contributed by atoms with van der Waals surface area (Å²) in [7, 11) is 0. The van der Waals surface area contributed by atoms with E-state index in [2.05, 4.69) is 55.1 Å². The van der Waals surface area contributed by atoms with Crippen LogP contribution in [0.2, 0.25) is 0 Å². The second-order valence-electron chi connectivity index (χ2n) is 24.3. The summed E-state index contributed by atoms with van der Waals surface area (Å²) in [6.45, 7) is 5.32. The lowest BCUT2D eigenvalue weighted by molar-refractivity contribution is 0.101. The van der Waals surface area contributed by atoms with Crippen molar-refractivity contribution in [3.05, 3.63) is 368 Å². The Kier molecular flexibility index (Phi) is 23.2. The van der Waals surface area contributed by atoms with Crippen LogP contribution in [0, 0.1) is 0 Å². The number of Topliss-reactive ketones (excluding diaryl/α,β-unsaturated/α-hetero) is 1. The van der Waals surface area contributed by atoms with Gasteiger partial charge in [-0.15, -0.1) is 11.3 Å². The Morgan fingerprint density at radius 3 is 0.860 bits per heavy atom. The molecule has 0 aliphatic rings. The molecule has 107 heavy (non-hydrogen) atoms. The summed E-state index contributed by atoms with van der Waals surface area (Å²) in [6, 6.07) is 103. The fourth-order valence-corrected chi connectivity index (χ4v) is 14.1. The largest absolute Gasteiger partial charge is 0.457 e. The van der Waals surface area contributed by atoms with Gasteiger partial charge in [0, 0.05) is 64.9 Å². The van der Waals surface area contributed by atoms with Crippen molar-refractivity contribution < 1.29 is 42.9 Å². The van der Waals surface area contributed by atoms with E-state index >= 15 is 0 Å². The average Bonchev–Trinajstić information content (AvgIpc) is 1.72. The second-order valence-corrected chi connectivity index (χ2v) is 27.1. The summed E-state index contributed by atoms with van der Waals surface area (Å²) in [5.74, 6) is 4.89. The summed E-state index contributed by atoms with van der Waals surface area (Å²) in [6.07, 6.45) is 0. The number of halogens is 5. The zero-order chi connectivity index (χ0) is 74.5. The molecule has 14 aromatic carbocycles. The van der Waals surface area contributed by atoms with Crippen molar-refractivity contribution in [2.75, 3.05) is 0 Å². The van der Waals surface area contributed by atoms with Crippen LogP contribution >= 0.6 is 69.3 Å². The Hall–Kier alpha value is -12.0. The molecule has 15 rings (SSSR count). The van der Waals surface area contributed by atoms with E-state index in [0.29, 0.717) is 78.8 Å². The molecule has 15 heteroatoms. The van der Waals surface area contributed by atoms with E-state index < -0.39 is 21.0 Å². The Morgan fingerprint density at radius 1 is 0.262 bits per heavy atom. The summed E-state index contributed by atoms with van der Waals surface area (Å²) in [5.41, 5.74) is 13.2. The molecule has 9 nitrogen and oxygen atoms in total. The molecule has 0 unspecified atom stereocenters. The highest BCUT2D eigenvalue weighted by atomic mass is 35.5. The highest BCUT2D eigenvalue weighted by Gasteiger charge is 2.25. The lowest BCUT2D eigenvalue weighted by atomic mass is 9.91. The third kappa shape index (κ3) is 17.4. The van der Waals surface area contributed by atoms with E-state index in [9.17, 15) is 24.0 Å². The van der Waals surface area contributed by atoms with Gasteiger partial charge in [-0.1, -0.05) is 212 Å². The molecule has 0 atom stereocenters. The van der Waals surface area contributed by atoms with Crippen LogP contribution in [0.1, 0.15) is 64.3 Å². The van der Waals surface area contributed by atoms with Crippen molar-refractivity contribution in [2.45, 2.75) is 6.92 Å². The Morgan fingerprint density at radius 2 is 0.542 bits per heavy atom. The van der Waals surface area contributed by atoms with Gasteiger partial charge >= 0.3 is 0 Å². The van der Waals surface area contributed by atoms with Crippen LogP contribution in [0.4, 0.5) is 0 Å². The van der Waals surface area contributed by atoms with Crippen LogP contribution < -0.4 is 18.9 Å². The van der Waals surface area contributed by atoms with Crippen molar-refractivity contribution in [3.63, 3.8) is 0 Å². The number of ketones is 1. The zero-order valence-corrected chi connectivity index (χ0v) is 61.5. The molecular formula is C92H59Cl5O9S. The van der Waals surface area contributed by atoms with Crippen molar-refractivity contribution in [1.29, 1.82) is 0 Å². The van der Waals surface area contributed by atoms with E-state index in [4.69, 9.17) is 77.0 Å². The number of carbonyl (C=O) groups is 5. The van der Waals surface area contributed by atoms with E-state index in [-0.39, 0.29) is 5.78 Å². The third-order valence-electron chi connectivity index (χ3n) is 17.4. The van der Waals surface area contributed by atoms with Crippen LogP contribution in [-0.2, 0) is 0 Å². The van der Waals surface area contributed by atoms with Crippen molar-refractivity contribution >= 4 is 123 Å². The van der Waals surface area contributed by atoms with Crippen molar-refractivity contribution in [2.24, 2.45) is 0 Å². The van der Waals surface area contributed by atoms with Gasteiger partial charge in [0.1, 0.15) is 46.0 Å². The number of benzene rings is 14. The predicted molar refractivity (Wildman–Crippen MR) is 437 cm³/mol. The van der Waals surface area contributed by atoms with Gasteiger partial charge in [0.05, 0.1) is 5.56 Å². The fraction of sp³-hybridized carbons (Fsp3) is 0.0109. The molecule has 0 saturated carbocycles. The van der Waals surface area contributed by atoms with E-state index in [1.165, 1.54) is 0 Å². The lowest BCUT2D eigenvalue weighted by Gasteiger charge is -2.19. The van der Waals surface area contributed by atoms with Crippen molar-refractivity contribution in [1.82, 2.24) is 0 Å². The molecule has 0 aliphatic carbocycles. The zero-order valence-electron chi connectivity index (χ0n) is 56.9. The lowest BCUT2D eigenvalue weighted by Crippen LogP contribution is -1.96. The minimum atomic E-state index is -0.529. The average molecular weight is 1520 g/mol. The number of hydrogen-bond donors (Lipinski definition) is 0. The summed E-state index contributed by atoms with van der Waals surface area (Å²) in [4.78, 5) is 60.1. The molecule has 0 spiro atoms. The Labute approximate surface area is 646 Å². The smallest absolute Gasteiger partial charge is 0.252 e. The fourth-order valence-electron chi connectivity index (χ4n) is 12.1. The quantitative estimate of drug-likeness (QED) is 0.0542. The first-order valence-corrected chi connectivity index (χ1v) is 36.2. The van der Waals surface area contributed by atoms with Gasteiger partial charge in [-0.2, -0.15) is 0 Å². The second kappa shape index (κ2) is 33.9. The number of thiophene rings is 1.